The van der Waals surface area contributed by atoms with Crippen LogP contribution >= 0.6 is 0 Å². The molecule has 0 saturated carbocycles. The molecule has 0 fully saturated rings. The maximum atomic E-state index is 13.5. The van der Waals surface area contributed by atoms with Crippen molar-refractivity contribution in [3.8, 4) is 5.75 Å². The molecule has 0 heterocycles. The zero-order chi connectivity index (χ0) is 15.1. The lowest BCUT2D eigenvalue weighted by molar-refractivity contribution is 0.146. The van der Waals surface area contributed by atoms with Gasteiger partial charge in [-0.25, -0.2) is 8.78 Å². The van der Waals surface area contributed by atoms with Crippen LogP contribution in [-0.4, -0.2) is 20.3 Å². The van der Waals surface area contributed by atoms with Gasteiger partial charge in [0.1, 0.15) is 24.0 Å². The van der Waals surface area contributed by atoms with E-state index in [2.05, 4.69) is 5.32 Å². The molecule has 0 spiro atoms. The van der Waals surface area contributed by atoms with Crippen molar-refractivity contribution in [1.29, 1.82) is 0 Å². The average molecular weight is 293 g/mol. The van der Waals surface area contributed by atoms with Gasteiger partial charge in [-0.1, -0.05) is 0 Å². The number of benzene rings is 2. The third kappa shape index (κ3) is 4.72. The zero-order valence-corrected chi connectivity index (χ0v) is 11.7. The lowest BCUT2D eigenvalue weighted by Gasteiger charge is -2.09. The highest BCUT2D eigenvalue weighted by Gasteiger charge is 2.03. The van der Waals surface area contributed by atoms with Crippen molar-refractivity contribution in [3.05, 3.63) is 59.7 Å². The number of hydrogen-bond donors (Lipinski definition) is 1. The molecule has 1 N–H and O–H groups in total. The molecule has 0 bridgehead atoms. The maximum absolute atomic E-state index is 13.5. The summed E-state index contributed by atoms with van der Waals surface area (Å²) >= 11 is 0. The van der Waals surface area contributed by atoms with Gasteiger partial charge in [-0.15, -0.1) is 0 Å². The number of methoxy groups -OCH3 is 1. The number of hydrogen-bond acceptors (Lipinski definition) is 3. The molecule has 0 saturated heterocycles. The highest BCUT2D eigenvalue weighted by molar-refractivity contribution is 5.46. The molecule has 2 aromatic rings. The monoisotopic (exact) mass is 293 g/mol. The SMILES string of the molecule is COCCOc1ccc(NCc2cc(F)ccc2F)cc1. The molecular weight excluding hydrogens is 276 g/mol. The highest BCUT2D eigenvalue weighted by atomic mass is 19.1. The minimum absolute atomic E-state index is 0.216. The van der Waals surface area contributed by atoms with E-state index in [0.29, 0.717) is 13.2 Å². The lowest BCUT2D eigenvalue weighted by atomic mass is 10.2. The molecule has 0 aliphatic carbocycles. The molecule has 5 heteroatoms. The van der Waals surface area contributed by atoms with Crippen molar-refractivity contribution in [1.82, 2.24) is 0 Å². The third-order valence-corrected chi connectivity index (χ3v) is 2.90. The van der Waals surface area contributed by atoms with Gasteiger partial charge in [0.05, 0.1) is 6.61 Å². The van der Waals surface area contributed by atoms with Crippen molar-refractivity contribution in [2.24, 2.45) is 0 Å². The molecule has 0 amide bonds. The molecule has 112 valence electrons. The van der Waals surface area contributed by atoms with Crippen LogP contribution in [0.5, 0.6) is 5.75 Å². The molecule has 0 unspecified atom stereocenters. The first-order valence-corrected chi connectivity index (χ1v) is 6.58. The Balaban J connectivity index is 1.90. The first-order valence-electron chi connectivity index (χ1n) is 6.58. The molecule has 2 aromatic carbocycles. The Morgan fingerprint density at radius 1 is 1.00 bits per heavy atom. The van der Waals surface area contributed by atoms with E-state index in [1.54, 1.807) is 19.2 Å². The first-order chi connectivity index (χ1) is 10.2. The van der Waals surface area contributed by atoms with Crippen LogP contribution in [0.3, 0.4) is 0 Å². The molecule has 3 nitrogen and oxygen atoms in total. The van der Waals surface area contributed by atoms with Crippen LogP contribution in [0.2, 0.25) is 0 Å². The predicted octanol–water partition coefficient (Wildman–Crippen LogP) is 3.60. The van der Waals surface area contributed by atoms with Crippen molar-refractivity contribution >= 4 is 5.69 Å². The van der Waals surface area contributed by atoms with E-state index >= 15 is 0 Å². The van der Waals surface area contributed by atoms with Crippen LogP contribution in [-0.2, 0) is 11.3 Å². The molecule has 21 heavy (non-hydrogen) atoms. The Hall–Kier alpha value is -2.14. The Bertz CT molecular complexity index is 573. The summed E-state index contributed by atoms with van der Waals surface area (Å²) in [5, 5.41) is 3.04. The molecule has 0 aliphatic heterocycles. The third-order valence-electron chi connectivity index (χ3n) is 2.90. The fourth-order valence-corrected chi connectivity index (χ4v) is 1.79. The van der Waals surface area contributed by atoms with Gasteiger partial charge in [-0.3, -0.25) is 0 Å². The van der Waals surface area contributed by atoms with E-state index in [1.165, 1.54) is 6.07 Å². The van der Waals surface area contributed by atoms with Crippen LogP contribution in [0.1, 0.15) is 5.56 Å². The van der Waals surface area contributed by atoms with Crippen molar-refractivity contribution in [2.75, 3.05) is 25.6 Å². The van der Waals surface area contributed by atoms with Crippen molar-refractivity contribution in [2.45, 2.75) is 6.54 Å². The molecular formula is C16H17F2NO2. The minimum atomic E-state index is -0.449. The molecule has 2 rings (SSSR count). The Morgan fingerprint density at radius 3 is 2.48 bits per heavy atom. The standard InChI is InChI=1S/C16H17F2NO2/c1-20-8-9-21-15-5-3-14(4-6-15)19-11-12-10-13(17)2-7-16(12)18/h2-7,10,19H,8-9,11H2,1H3. The fraction of sp³-hybridized carbons (Fsp3) is 0.250. The van der Waals surface area contributed by atoms with Gasteiger partial charge in [-0.05, 0) is 42.5 Å². The summed E-state index contributed by atoms with van der Waals surface area (Å²) in [6.45, 7) is 1.23. The summed E-state index contributed by atoms with van der Waals surface area (Å²) < 4.78 is 36.9. The predicted molar refractivity (Wildman–Crippen MR) is 77.5 cm³/mol. The Kier molecular flexibility index (Phi) is 5.51. The van der Waals surface area contributed by atoms with E-state index in [4.69, 9.17) is 9.47 Å². The van der Waals surface area contributed by atoms with E-state index in [1.807, 2.05) is 12.1 Å². The van der Waals surface area contributed by atoms with Gasteiger partial charge < -0.3 is 14.8 Å². The van der Waals surface area contributed by atoms with Gasteiger partial charge in [0.2, 0.25) is 0 Å². The van der Waals surface area contributed by atoms with Crippen molar-refractivity contribution < 1.29 is 18.3 Å². The van der Waals surface area contributed by atoms with E-state index in [-0.39, 0.29) is 12.1 Å². The quantitative estimate of drug-likeness (QED) is 0.791. The number of anilines is 1. The first kappa shape index (κ1) is 15.3. The van der Waals surface area contributed by atoms with Gasteiger partial charge in [0.25, 0.3) is 0 Å². The molecule has 0 atom stereocenters. The largest absolute Gasteiger partial charge is 0.491 e. The maximum Gasteiger partial charge on any atom is 0.128 e. The lowest BCUT2D eigenvalue weighted by Crippen LogP contribution is -2.05. The topological polar surface area (TPSA) is 30.5 Å². The number of rotatable bonds is 7. The Labute approximate surface area is 122 Å². The van der Waals surface area contributed by atoms with E-state index in [9.17, 15) is 8.78 Å². The van der Waals surface area contributed by atoms with Gasteiger partial charge in [-0.2, -0.15) is 0 Å². The summed E-state index contributed by atoms with van der Waals surface area (Å²) in [7, 11) is 1.61. The number of halogens is 2. The number of nitrogens with one attached hydrogen (secondary N) is 1. The molecule has 0 radical (unpaired) electrons. The van der Waals surface area contributed by atoms with Crippen LogP contribution < -0.4 is 10.1 Å². The van der Waals surface area contributed by atoms with E-state index in [0.717, 1.165) is 23.6 Å². The second-order valence-corrected chi connectivity index (χ2v) is 4.45. The second kappa shape index (κ2) is 7.59. The molecule has 0 aromatic heterocycles. The van der Waals surface area contributed by atoms with Gasteiger partial charge in [0.15, 0.2) is 0 Å². The summed E-state index contributed by atoms with van der Waals surface area (Å²) in [5.41, 5.74) is 1.09. The summed E-state index contributed by atoms with van der Waals surface area (Å²) in [4.78, 5) is 0. The van der Waals surface area contributed by atoms with Gasteiger partial charge >= 0.3 is 0 Å². The fourth-order valence-electron chi connectivity index (χ4n) is 1.79. The van der Waals surface area contributed by atoms with Crippen molar-refractivity contribution in [3.63, 3.8) is 0 Å². The van der Waals surface area contributed by atoms with E-state index < -0.39 is 11.6 Å². The summed E-state index contributed by atoms with van der Waals surface area (Å²) in [6.07, 6.45) is 0. The smallest absolute Gasteiger partial charge is 0.128 e. The minimum Gasteiger partial charge on any atom is -0.491 e. The van der Waals surface area contributed by atoms with Crippen LogP contribution in [0, 0.1) is 11.6 Å². The van der Waals surface area contributed by atoms with Crippen LogP contribution in [0.25, 0.3) is 0 Å². The highest BCUT2D eigenvalue weighted by Crippen LogP contribution is 2.17. The number of ether oxygens (including phenoxy) is 2. The normalized spacial score (nSPS) is 10.4. The molecule has 0 aliphatic rings. The zero-order valence-electron chi connectivity index (χ0n) is 11.7. The van der Waals surface area contributed by atoms with Crippen LogP contribution in [0.4, 0.5) is 14.5 Å². The summed E-state index contributed by atoms with van der Waals surface area (Å²) in [5.74, 6) is -0.145. The summed E-state index contributed by atoms with van der Waals surface area (Å²) in [6, 6.07) is 10.7. The Morgan fingerprint density at radius 2 is 1.76 bits per heavy atom. The second-order valence-electron chi connectivity index (χ2n) is 4.45. The van der Waals surface area contributed by atoms with Gasteiger partial charge in [0, 0.05) is 24.9 Å². The van der Waals surface area contributed by atoms with Crippen LogP contribution in [0.15, 0.2) is 42.5 Å². The average Bonchev–Trinajstić information content (AvgIpc) is 2.50.